The predicted octanol–water partition coefficient (Wildman–Crippen LogP) is 2.27. The van der Waals surface area contributed by atoms with Crippen LogP contribution >= 0.6 is 0 Å². The first-order valence-electron chi connectivity index (χ1n) is 6.64. The fourth-order valence-electron chi connectivity index (χ4n) is 2.22. The third-order valence-corrected chi connectivity index (χ3v) is 4.98. The highest BCUT2D eigenvalue weighted by atomic mass is 32.2. The summed E-state index contributed by atoms with van der Waals surface area (Å²) in [6.07, 6.45) is 0.00709. The zero-order valence-electron chi connectivity index (χ0n) is 11.8. The Morgan fingerprint density at radius 3 is 2.55 bits per heavy atom. The maximum atomic E-state index is 12.7. The van der Waals surface area contributed by atoms with Crippen molar-refractivity contribution in [3.8, 4) is 0 Å². The van der Waals surface area contributed by atoms with Gasteiger partial charge in [0.2, 0.25) is 5.91 Å². The topological polar surface area (TPSA) is 54.5 Å². The minimum absolute atomic E-state index is 0.00709. The van der Waals surface area contributed by atoms with E-state index in [1.807, 2.05) is 6.92 Å². The molecule has 5 heteroatoms. The summed E-state index contributed by atoms with van der Waals surface area (Å²) in [6, 6.07) is 11.2. The van der Waals surface area contributed by atoms with Gasteiger partial charge in [-0.2, -0.15) is 0 Å². The van der Waals surface area contributed by atoms with Gasteiger partial charge in [0.25, 0.3) is 10.0 Å². The average Bonchev–Trinajstić information content (AvgIpc) is 2.77. The van der Waals surface area contributed by atoms with E-state index in [4.69, 9.17) is 1.37 Å². The zero-order chi connectivity index (χ0) is 15.2. The summed E-state index contributed by atoms with van der Waals surface area (Å²) in [4.78, 5) is 12.2. The molecule has 0 N–H and O–H groups in total. The molecular formula is C15H13NO3S. The Morgan fingerprint density at radius 2 is 1.85 bits per heavy atom. The maximum Gasteiger partial charge on any atom is 0.270 e. The fraction of sp³-hybridized carbons (Fsp3) is 0.133. The smallest absolute Gasteiger partial charge is 0.270 e. The highest BCUT2D eigenvalue weighted by Gasteiger charge is 2.37. The molecule has 102 valence electrons. The number of aryl methyl sites for hydroxylation is 1. The lowest BCUT2D eigenvalue weighted by atomic mass is 10.2. The molecule has 4 nitrogen and oxygen atoms in total. The van der Waals surface area contributed by atoms with Gasteiger partial charge >= 0.3 is 0 Å². The number of para-hydroxylation sites is 1. The quantitative estimate of drug-likeness (QED) is 0.852. The number of hydrogen-bond acceptors (Lipinski definition) is 3. The van der Waals surface area contributed by atoms with Gasteiger partial charge in [-0.15, -0.1) is 0 Å². The van der Waals surface area contributed by atoms with Gasteiger partial charge < -0.3 is 0 Å². The van der Waals surface area contributed by atoms with Gasteiger partial charge in [-0.3, -0.25) is 4.79 Å². The molecule has 0 radical (unpaired) electrons. The Morgan fingerprint density at radius 1 is 1.15 bits per heavy atom. The van der Waals surface area contributed by atoms with Crippen molar-refractivity contribution in [2.24, 2.45) is 0 Å². The summed E-state index contributed by atoms with van der Waals surface area (Å²) in [5, 5.41) is 0. The number of amides is 1. The van der Waals surface area contributed by atoms with Crippen molar-refractivity contribution in [2.45, 2.75) is 18.2 Å². The molecule has 0 atom stereocenters. The van der Waals surface area contributed by atoms with Gasteiger partial charge in [-0.25, -0.2) is 12.7 Å². The summed E-state index contributed by atoms with van der Waals surface area (Å²) in [5.41, 5.74) is 1.68. The molecule has 2 aromatic rings. The summed E-state index contributed by atoms with van der Waals surface area (Å²) in [5.74, 6) is -0.523. The van der Waals surface area contributed by atoms with E-state index in [9.17, 15) is 13.2 Å². The number of carbonyl (C=O) groups excluding carboxylic acids is 1. The number of benzene rings is 2. The highest BCUT2D eigenvalue weighted by molar-refractivity contribution is 7.93. The van der Waals surface area contributed by atoms with Crippen molar-refractivity contribution in [1.29, 1.82) is 0 Å². The van der Waals surface area contributed by atoms with Crippen molar-refractivity contribution >= 4 is 21.6 Å². The number of nitrogens with zero attached hydrogens (tertiary/aromatic N) is 1. The number of rotatable bonds is 2. The van der Waals surface area contributed by atoms with E-state index in [-0.39, 0.29) is 23.0 Å². The summed E-state index contributed by atoms with van der Waals surface area (Å²) in [6.45, 7) is 1.86. The molecule has 1 aliphatic rings. The molecule has 0 saturated carbocycles. The monoisotopic (exact) mass is 288 g/mol. The lowest BCUT2D eigenvalue weighted by Gasteiger charge is -2.17. The van der Waals surface area contributed by atoms with Gasteiger partial charge in [0.1, 0.15) is 0 Å². The SMILES string of the molecule is [2H]c1cccc2c1N(S(=O)(=O)c1ccc(C)cc1)C(=O)C2. The van der Waals surface area contributed by atoms with Gasteiger partial charge in [0.15, 0.2) is 0 Å². The van der Waals surface area contributed by atoms with Crippen LogP contribution < -0.4 is 4.31 Å². The van der Waals surface area contributed by atoms with E-state index in [1.165, 1.54) is 18.2 Å². The maximum absolute atomic E-state index is 12.7. The van der Waals surface area contributed by atoms with Gasteiger partial charge in [-0.1, -0.05) is 35.9 Å². The molecule has 20 heavy (non-hydrogen) atoms. The molecule has 0 spiro atoms. The molecule has 1 amide bonds. The average molecular weight is 288 g/mol. The summed E-state index contributed by atoms with van der Waals surface area (Å²) < 4.78 is 34.0. The summed E-state index contributed by atoms with van der Waals surface area (Å²) >= 11 is 0. The largest absolute Gasteiger partial charge is 0.273 e. The molecular weight excluding hydrogens is 274 g/mol. The van der Waals surface area contributed by atoms with Gasteiger partial charge in [0, 0.05) is 0 Å². The van der Waals surface area contributed by atoms with Gasteiger partial charge in [-0.05, 0) is 30.7 Å². The Labute approximate surface area is 119 Å². The normalized spacial score (nSPS) is 15.2. The van der Waals surface area contributed by atoms with Crippen LogP contribution in [0.4, 0.5) is 5.69 Å². The number of carbonyl (C=O) groups is 1. The lowest BCUT2D eigenvalue weighted by molar-refractivity contribution is -0.116. The second kappa shape index (κ2) is 4.45. The molecule has 0 aromatic heterocycles. The van der Waals surface area contributed by atoms with Crippen LogP contribution in [0.15, 0.2) is 53.4 Å². The van der Waals surface area contributed by atoms with Crippen molar-refractivity contribution in [1.82, 2.24) is 0 Å². The molecule has 3 rings (SSSR count). The van der Waals surface area contributed by atoms with Crippen LogP contribution in [-0.4, -0.2) is 14.3 Å². The minimum atomic E-state index is -3.98. The van der Waals surface area contributed by atoms with Crippen LogP contribution in [0.2, 0.25) is 0 Å². The van der Waals surface area contributed by atoms with Crippen molar-refractivity contribution in [2.75, 3.05) is 4.31 Å². The number of sulfonamides is 1. The molecule has 2 aromatic carbocycles. The Bertz CT molecular complexity index is 828. The fourth-order valence-corrected chi connectivity index (χ4v) is 3.66. The van der Waals surface area contributed by atoms with Crippen molar-refractivity contribution in [3.05, 3.63) is 59.6 Å². The third kappa shape index (κ3) is 1.91. The van der Waals surface area contributed by atoms with Crippen LogP contribution in [0.5, 0.6) is 0 Å². The first-order chi connectivity index (χ1) is 9.91. The minimum Gasteiger partial charge on any atom is -0.273 e. The zero-order valence-corrected chi connectivity index (χ0v) is 11.6. The third-order valence-electron chi connectivity index (χ3n) is 3.25. The van der Waals surface area contributed by atoms with Crippen LogP contribution in [0.25, 0.3) is 0 Å². The van der Waals surface area contributed by atoms with E-state index in [2.05, 4.69) is 0 Å². The number of hydrogen-bond donors (Lipinski definition) is 0. The molecule has 1 aliphatic heterocycles. The van der Waals surface area contributed by atoms with E-state index >= 15 is 0 Å². The van der Waals surface area contributed by atoms with E-state index in [0.717, 1.165) is 9.87 Å². The second-order valence-corrected chi connectivity index (χ2v) is 6.48. The molecule has 0 saturated heterocycles. The first-order valence-corrected chi connectivity index (χ1v) is 7.58. The molecule has 0 unspecified atom stereocenters. The van der Waals surface area contributed by atoms with Crippen molar-refractivity contribution in [3.63, 3.8) is 0 Å². The van der Waals surface area contributed by atoms with Crippen LogP contribution in [0.1, 0.15) is 12.5 Å². The Kier molecular flexibility index (Phi) is 2.60. The number of anilines is 1. The van der Waals surface area contributed by atoms with Gasteiger partial charge in [0.05, 0.1) is 18.4 Å². The van der Waals surface area contributed by atoms with Crippen LogP contribution in [0.3, 0.4) is 0 Å². The van der Waals surface area contributed by atoms with Crippen LogP contribution in [0, 0.1) is 6.92 Å². The van der Waals surface area contributed by atoms with E-state index in [1.54, 1.807) is 24.3 Å². The highest BCUT2D eigenvalue weighted by Crippen LogP contribution is 2.33. The molecule has 1 heterocycles. The number of fused-ring (bicyclic) bond motifs is 1. The Balaban J connectivity index is 2.17. The van der Waals surface area contributed by atoms with E-state index < -0.39 is 15.9 Å². The standard InChI is InChI=1S/C15H13NO3S/c1-11-6-8-13(9-7-11)20(18,19)16-14-5-3-2-4-12(14)10-15(16)17/h2-9H,10H2,1H3/i5D. The summed E-state index contributed by atoms with van der Waals surface area (Å²) in [7, 11) is -3.98. The second-order valence-electron chi connectivity index (χ2n) is 4.70. The van der Waals surface area contributed by atoms with Crippen molar-refractivity contribution < 1.29 is 14.6 Å². The molecule has 0 fully saturated rings. The van der Waals surface area contributed by atoms with Crippen LogP contribution in [-0.2, 0) is 21.2 Å². The predicted molar refractivity (Wildman–Crippen MR) is 76.0 cm³/mol. The molecule has 0 aliphatic carbocycles. The molecule has 0 bridgehead atoms. The van der Waals surface area contributed by atoms with E-state index in [0.29, 0.717) is 5.56 Å². The first kappa shape index (κ1) is 11.7. The Hall–Kier alpha value is -2.14. The lowest BCUT2D eigenvalue weighted by Crippen LogP contribution is -2.33.